The molecule has 3 nitrogen and oxygen atoms in total. The van der Waals surface area contributed by atoms with E-state index in [4.69, 9.17) is 5.11 Å². The quantitative estimate of drug-likeness (QED) is 0.848. The van der Waals surface area contributed by atoms with E-state index in [-0.39, 0.29) is 12.5 Å². The fraction of sp³-hybridized carbons (Fsp3) is 0.417. The van der Waals surface area contributed by atoms with Crippen molar-refractivity contribution in [3.8, 4) is 0 Å². The molecule has 94 valence electrons. The van der Waals surface area contributed by atoms with Crippen LogP contribution in [-0.4, -0.2) is 28.6 Å². The highest BCUT2D eigenvalue weighted by Crippen LogP contribution is 2.16. The van der Waals surface area contributed by atoms with E-state index >= 15 is 0 Å². The Morgan fingerprint density at radius 1 is 1.47 bits per heavy atom. The van der Waals surface area contributed by atoms with Crippen molar-refractivity contribution in [3.05, 3.63) is 28.7 Å². The van der Waals surface area contributed by atoms with Crippen molar-refractivity contribution in [1.82, 2.24) is 0 Å². The molecular formula is C12H16BrNO2S. The van der Waals surface area contributed by atoms with Gasteiger partial charge in [-0.2, -0.15) is 0 Å². The topological polar surface area (TPSA) is 49.3 Å². The number of amides is 1. The third-order valence-corrected chi connectivity index (χ3v) is 3.92. The van der Waals surface area contributed by atoms with Gasteiger partial charge in [-0.3, -0.25) is 4.79 Å². The number of aliphatic hydroxyl groups excluding tert-OH is 1. The Morgan fingerprint density at radius 3 is 2.71 bits per heavy atom. The summed E-state index contributed by atoms with van der Waals surface area (Å²) < 4.78 is 0.987. The molecule has 1 amide bonds. The summed E-state index contributed by atoms with van der Waals surface area (Å²) in [5, 5.41) is 11.9. The summed E-state index contributed by atoms with van der Waals surface area (Å²) in [6, 6.07) is 7.47. The largest absolute Gasteiger partial charge is 0.396 e. The fourth-order valence-electron chi connectivity index (χ4n) is 1.21. The van der Waals surface area contributed by atoms with Crippen molar-refractivity contribution in [3.63, 3.8) is 0 Å². The van der Waals surface area contributed by atoms with Gasteiger partial charge in [-0.15, -0.1) is 11.8 Å². The van der Waals surface area contributed by atoms with Crippen molar-refractivity contribution in [2.24, 2.45) is 0 Å². The monoisotopic (exact) mass is 317 g/mol. The predicted molar refractivity (Wildman–Crippen MR) is 76.4 cm³/mol. The number of thioether (sulfide) groups is 1. The molecule has 0 aromatic heterocycles. The third-order valence-electron chi connectivity index (χ3n) is 2.16. The van der Waals surface area contributed by atoms with Gasteiger partial charge in [0.05, 0.1) is 5.75 Å². The van der Waals surface area contributed by atoms with Gasteiger partial charge in [0.1, 0.15) is 0 Å². The molecule has 1 unspecified atom stereocenters. The van der Waals surface area contributed by atoms with Crippen LogP contribution >= 0.6 is 27.7 Å². The van der Waals surface area contributed by atoms with Gasteiger partial charge in [0, 0.05) is 22.0 Å². The Kier molecular flexibility index (Phi) is 6.62. The van der Waals surface area contributed by atoms with Gasteiger partial charge in [0.15, 0.2) is 0 Å². The molecule has 0 bridgehead atoms. The summed E-state index contributed by atoms with van der Waals surface area (Å²) in [5.41, 5.74) is 0.800. The Balaban J connectivity index is 2.32. The van der Waals surface area contributed by atoms with Crippen molar-refractivity contribution in [1.29, 1.82) is 0 Å². The highest BCUT2D eigenvalue weighted by molar-refractivity contribution is 9.10. The Labute approximate surface area is 114 Å². The van der Waals surface area contributed by atoms with Crippen LogP contribution in [-0.2, 0) is 4.79 Å². The van der Waals surface area contributed by atoms with E-state index < -0.39 is 0 Å². The average molecular weight is 318 g/mol. The number of nitrogens with one attached hydrogen (secondary N) is 1. The summed E-state index contributed by atoms with van der Waals surface area (Å²) in [4.78, 5) is 11.6. The van der Waals surface area contributed by atoms with Gasteiger partial charge in [-0.05, 0) is 30.7 Å². The first-order valence-corrected chi connectivity index (χ1v) is 7.24. The molecule has 2 N–H and O–H groups in total. The van der Waals surface area contributed by atoms with E-state index in [1.165, 1.54) is 0 Å². The lowest BCUT2D eigenvalue weighted by molar-refractivity contribution is -0.113. The molecule has 0 saturated heterocycles. The minimum Gasteiger partial charge on any atom is -0.396 e. The molecule has 0 aliphatic heterocycles. The number of anilines is 1. The van der Waals surface area contributed by atoms with E-state index in [1.54, 1.807) is 11.8 Å². The zero-order valence-corrected chi connectivity index (χ0v) is 12.1. The summed E-state index contributed by atoms with van der Waals surface area (Å²) in [6.45, 7) is 2.18. The number of carbonyl (C=O) groups excluding carboxylic acids is 1. The molecule has 0 fully saturated rings. The number of aliphatic hydroxyl groups is 1. The third kappa shape index (κ3) is 6.10. The summed E-state index contributed by atoms with van der Waals surface area (Å²) >= 11 is 4.89. The van der Waals surface area contributed by atoms with Crippen molar-refractivity contribution in [2.45, 2.75) is 18.6 Å². The molecular weight excluding hydrogens is 302 g/mol. The summed E-state index contributed by atoms with van der Waals surface area (Å²) in [7, 11) is 0. The normalized spacial score (nSPS) is 12.2. The van der Waals surface area contributed by atoms with E-state index in [2.05, 4.69) is 21.2 Å². The molecule has 1 atom stereocenters. The minimum absolute atomic E-state index is 0.0119. The maximum absolute atomic E-state index is 11.6. The van der Waals surface area contributed by atoms with Crippen LogP contribution in [0.2, 0.25) is 0 Å². The van der Waals surface area contributed by atoms with Crippen LogP contribution in [0.3, 0.4) is 0 Å². The standard InChI is InChI=1S/C12H16BrNO2S/c1-9(6-7-15)17-8-12(16)14-11-4-2-10(13)3-5-11/h2-5,9,15H,6-8H2,1H3,(H,14,16). The van der Waals surface area contributed by atoms with Crippen LogP contribution in [0.25, 0.3) is 0 Å². The molecule has 17 heavy (non-hydrogen) atoms. The van der Waals surface area contributed by atoms with Crippen LogP contribution in [0.1, 0.15) is 13.3 Å². The number of carbonyl (C=O) groups is 1. The Morgan fingerprint density at radius 2 is 2.12 bits per heavy atom. The molecule has 1 aromatic carbocycles. The van der Waals surface area contributed by atoms with Crippen molar-refractivity contribution < 1.29 is 9.90 Å². The molecule has 0 aliphatic carbocycles. The van der Waals surface area contributed by atoms with Gasteiger partial charge in [-0.25, -0.2) is 0 Å². The average Bonchev–Trinajstić information content (AvgIpc) is 2.30. The van der Waals surface area contributed by atoms with Crippen molar-refractivity contribution in [2.75, 3.05) is 17.7 Å². The van der Waals surface area contributed by atoms with E-state index in [1.807, 2.05) is 31.2 Å². The Hall–Kier alpha value is -0.520. The molecule has 0 spiro atoms. The first kappa shape index (κ1) is 14.5. The molecule has 1 rings (SSSR count). The summed E-state index contributed by atoms with van der Waals surface area (Å²) in [5.74, 6) is 0.402. The molecule has 0 aliphatic rings. The molecule has 1 aromatic rings. The lowest BCUT2D eigenvalue weighted by Crippen LogP contribution is -2.16. The first-order valence-electron chi connectivity index (χ1n) is 5.39. The highest BCUT2D eigenvalue weighted by atomic mass is 79.9. The van der Waals surface area contributed by atoms with E-state index in [0.717, 1.165) is 16.6 Å². The van der Waals surface area contributed by atoms with Gasteiger partial charge < -0.3 is 10.4 Å². The molecule has 5 heteroatoms. The number of rotatable bonds is 6. The number of hydrogen-bond acceptors (Lipinski definition) is 3. The number of benzene rings is 1. The van der Waals surface area contributed by atoms with Crippen molar-refractivity contribution >= 4 is 39.3 Å². The molecule has 0 saturated carbocycles. The molecule has 0 heterocycles. The van der Waals surface area contributed by atoms with Crippen LogP contribution in [0.15, 0.2) is 28.7 Å². The maximum Gasteiger partial charge on any atom is 0.234 e. The number of halogens is 1. The first-order chi connectivity index (χ1) is 8.11. The van der Waals surface area contributed by atoms with Gasteiger partial charge >= 0.3 is 0 Å². The second-order valence-corrected chi connectivity index (χ2v) is 6.03. The van der Waals surface area contributed by atoms with Crippen LogP contribution < -0.4 is 5.32 Å². The lowest BCUT2D eigenvalue weighted by atomic mass is 10.3. The van der Waals surface area contributed by atoms with Gasteiger partial charge in [0.25, 0.3) is 0 Å². The van der Waals surface area contributed by atoms with E-state index in [9.17, 15) is 4.79 Å². The lowest BCUT2D eigenvalue weighted by Gasteiger charge is -2.09. The minimum atomic E-state index is -0.0119. The van der Waals surface area contributed by atoms with Crippen LogP contribution in [0, 0.1) is 0 Å². The summed E-state index contributed by atoms with van der Waals surface area (Å²) in [6.07, 6.45) is 0.718. The highest BCUT2D eigenvalue weighted by Gasteiger charge is 2.06. The second-order valence-electron chi connectivity index (χ2n) is 3.69. The maximum atomic E-state index is 11.6. The van der Waals surface area contributed by atoms with Crippen LogP contribution in [0.5, 0.6) is 0 Å². The van der Waals surface area contributed by atoms with E-state index in [0.29, 0.717) is 11.0 Å². The SMILES string of the molecule is CC(CCO)SCC(=O)Nc1ccc(Br)cc1. The Bertz CT molecular complexity index is 356. The molecule has 0 radical (unpaired) electrons. The zero-order valence-electron chi connectivity index (χ0n) is 9.65. The van der Waals surface area contributed by atoms with Crippen LogP contribution in [0.4, 0.5) is 5.69 Å². The van der Waals surface area contributed by atoms with Gasteiger partial charge in [0.2, 0.25) is 5.91 Å². The smallest absolute Gasteiger partial charge is 0.234 e. The predicted octanol–water partition coefficient (Wildman–Crippen LogP) is 2.89. The zero-order chi connectivity index (χ0) is 12.7. The fourth-order valence-corrected chi connectivity index (χ4v) is 2.26. The second kappa shape index (κ2) is 7.74. The van der Waals surface area contributed by atoms with Gasteiger partial charge in [-0.1, -0.05) is 22.9 Å². The number of hydrogen-bond donors (Lipinski definition) is 2.